The fraction of sp³-hybridized carbons (Fsp3) is 0.154. The van der Waals surface area contributed by atoms with E-state index in [4.69, 9.17) is 0 Å². The minimum atomic E-state index is -0.703. The summed E-state index contributed by atoms with van der Waals surface area (Å²) in [4.78, 5) is 27.7. The summed E-state index contributed by atoms with van der Waals surface area (Å²) < 4.78 is 14.8. The van der Waals surface area contributed by atoms with Crippen molar-refractivity contribution in [3.05, 3.63) is 50.8 Å². The molecule has 0 atom stereocenters. The molecule has 20 heavy (non-hydrogen) atoms. The lowest BCUT2D eigenvalue weighted by Gasteiger charge is -2.09. The molecule has 0 spiro atoms. The summed E-state index contributed by atoms with van der Waals surface area (Å²) in [6, 6.07) is 4.78. The molecule has 0 saturated carbocycles. The lowest BCUT2D eigenvalue weighted by Crippen LogP contribution is -2.22. The van der Waals surface area contributed by atoms with Crippen molar-refractivity contribution >= 4 is 10.9 Å². The Labute approximate surface area is 111 Å². The lowest BCUT2D eigenvalue weighted by molar-refractivity contribution is 0.486. The van der Waals surface area contributed by atoms with Crippen molar-refractivity contribution in [2.45, 2.75) is 6.67 Å². The van der Waals surface area contributed by atoms with Gasteiger partial charge in [0.15, 0.2) is 0 Å². The van der Waals surface area contributed by atoms with Crippen LogP contribution in [-0.2, 0) is 13.7 Å². The number of aromatic amines is 2. The van der Waals surface area contributed by atoms with Crippen LogP contribution in [0.5, 0.6) is 0 Å². The van der Waals surface area contributed by atoms with Gasteiger partial charge in [0.2, 0.25) is 0 Å². The Morgan fingerprint density at radius 1 is 1.30 bits per heavy atom. The number of aryl methyl sites for hydroxylation is 1. The van der Waals surface area contributed by atoms with Crippen LogP contribution in [0.2, 0.25) is 0 Å². The van der Waals surface area contributed by atoms with Crippen molar-refractivity contribution in [2.75, 3.05) is 0 Å². The molecule has 7 heteroatoms. The number of hydrogen-bond donors (Lipinski definition) is 2. The third-order valence-corrected chi connectivity index (χ3v) is 3.20. The molecule has 0 amide bonds. The summed E-state index contributed by atoms with van der Waals surface area (Å²) in [5, 5.41) is 4.34. The van der Waals surface area contributed by atoms with Gasteiger partial charge in [0.1, 0.15) is 6.67 Å². The van der Waals surface area contributed by atoms with Crippen molar-refractivity contribution in [3.63, 3.8) is 0 Å². The van der Waals surface area contributed by atoms with Gasteiger partial charge < -0.3 is 4.98 Å². The number of rotatable bonds is 2. The standard InChI is InChI=1S/C13H11FN4O2/c1-18-11(2-3-15-18)8-5-9-10(4-7(8)6-14)16-13(20)17-12(9)19/h2-5H,6H2,1H3,(H2,16,17,19,20). The highest BCUT2D eigenvalue weighted by molar-refractivity contribution is 5.85. The molecule has 0 unspecified atom stereocenters. The topological polar surface area (TPSA) is 83.5 Å². The molecule has 2 aromatic heterocycles. The van der Waals surface area contributed by atoms with E-state index in [0.29, 0.717) is 27.7 Å². The SMILES string of the molecule is Cn1nccc1-c1cc2c(=O)[nH]c(=O)[nH]c2cc1CF. The fourth-order valence-electron chi connectivity index (χ4n) is 2.25. The summed E-state index contributed by atoms with van der Waals surface area (Å²) >= 11 is 0. The van der Waals surface area contributed by atoms with Crippen LogP contribution >= 0.6 is 0 Å². The van der Waals surface area contributed by atoms with Gasteiger partial charge in [-0.3, -0.25) is 14.5 Å². The number of hydrogen-bond acceptors (Lipinski definition) is 3. The van der Waals surface area contributed by atoms with Gasteiger partial charge in [-0.25, -0.2) is 9.18 Å². The molecule has 2 heterocycles. The van der Waals surface area contributed by atoms with E-state index in [0.717, 1.165) is 0 Å². The quantitative estimate of drug-likeness (QED) is 0.733. The van der Waals surface area contributed by atoms with Crippen LogP contribution < -0.4 is 11.2 Å². The molecule has 0 saturated heterocycles. The zero-order valence-corrected chi connectivity index (χ0v) is 10.6. The number of benzene rings is 1. The zero-order chi connectivity index (χ0) is 14.3. The van der Waals surface area contributed by atoms with Gasteiger partial charge in [-0.2, -0.15) is 5.10 Å². The largest absolute Gasteiger partial charge is 0.326 e. The van der Waals surface area contributed by atoms with Crippen molar-refractivity contribution < 1.29 is 4.39 Å². The Kier molecular flexibility index (Phi) is 2.74. The molecule has 3 rings (SSSR count). The molecular weight excluding hydrogens is 263 g/mol. The van der Waals surface area contributed by atoms with Crippen molar-refractivity contribution in [1.29, 1.82) is 0 Å². The Morgan fingerprint density at radius 2 is 2.10 bits per heavy atom. The van der Waals surface area contributed by atoms with Crippen molar-refractivity contribution in [2.24, 2.45) is 7.05 Å². The number of nitrogens with one attached hydrogen (secondary N) is 2. The fourth-order valence-corrected chi connectivity index (χ4v) is 2.25. The summed E-state index contributed by atoms with van der Waals surface area (Å²) in [5.74, 6) is 0. The number of aromatic nitrogens is 4. The molecule has 6 nitrogen and oxygen atoms in total. The summed E-state index contributed by atoms with van der Waals surface area (Å²) in [6.07, 6.45) is 1.60. The first-order valence-corrected chi connectivity index (χ1v) is 5.93. The molecule has 0 aliphatic carbocycles. The van der Waals surface area contributed by atoms with Crippen LogP contribution in [0.4, 0.5) is 4.39 Å². The molecule has 1 aromatic carbocycles. The first kappa shape index (κ1) is 12.3. The maximum atomic E-state index is 13.2. The van der Waals surface area contributed by atoms with Crippen molar-refractivity contribution in [3.8, 4) is 11.3 Å². The van der Waals surface area contributed by atoms with Gasteiger partial charge in [0, 0.05) is 18.8 Å². The van der Waals surface area contributed by atoms with E-state index in [1.165, 1.54) is 6.07 Å². The zero-order valence-electron chi connectivity index (χ0n) is 10.6. The number of H-pyrrole nitrogens is 2. The second-order valence-corrected chi connectivity index (χ2v) is 4.44. The third kappa shape index (κ3) is 1.83. The molecule has 2 N–H and O–H groups in total. The molecule has 0 bridgehead atoms. The molecule has 3 aromatic rings. The van der Waals surface area contributed by atoms with Crippen LogP contribution in [0.3, 0.4) is 0 Å². The minimum absolute atomic E-state index is 0.304. The maximum Gasteiger partial charge on any atom is 0.326 e. The average Bonchev–Trinajstić information content (AvgIpc) is 2.83. The van der Waals surface area contributed by atoms with Gasteiger partial charge in [-0.15, -0.1) is 0 Å². The Balaban J connectivity index is 2.41. The molecule has 102 valence electrons. The first-order valence-electron chi connectivity index (χ1n) is 5.93. The Morgan fingerprint density at radius 3 is 2.75 bits per heavy atom. The Bertz CT molecular complexity index is 907. The number of halogens is 1. The predicted octanol–water partition coefficient (Wildman–Crippen LogP) is 1.09. The van der Waals surface area contributed by atoms with Crippen LogP contribution in [-0.4, -0.2) is 19.7 Å². The van der Waals surface area contributed by atoms with E-state index in [2.05, 4.69) is 15.1 Å². The van der Waals surface area contributed by atoms with Gasteiger partial charge in [-0.1, -0.05) is 0 Å². The first-order chi connectivity index (χ1) is 9.60. The monoisotopic (exact) mass is 274 g/mol. The van der Waals surface area contributed by atoms with Crippen LogP contribution in [0, 0.1) is 0 Å². The second kappa shape index (κ2) is 4.44. The van der Waals surface area contributed by atoms with Gasteiger partial charge in [-0.05, 0) is 23.8 Å². The highest BCUT2D eigenvalue weighted by atomic mass is 19.1. The van der Waals surface area contributed by atoms with E-state index >= 15 is 0 Å². The molecule has 0 fully saturated rings. The van der Waals surface area contributed by atoms with E-state index in [1.807, 2.05) is 0 Å². The van der Waals surface area contributed by atoms with E-state index in [1.54, 1.807) is 30.1 Å². The van der Waals surface area contributed by atoms with E-state index < -0.39 is 17.9 Å². The maximum absolute atomic E-state index is 13.2. The van der Waals surface area contributed by atoms with Gasteiger partial charge in [0.25, 0.3) is 5.56 Å². The molecular formula is C13H11FN4O2. The predicted molar refractivity (Wildman–Crippen MR) is 72.2 cm³/mol. The van der Waals surface area contributed by atoms with Gasteiger partial charge >= 0.3 is 5.69 Å². The van der Waals surface area contributed by atoms with Crippen LogP contribution in [0.25, 0.3) is 22.2 Å². The minimum Gasteiger partial charge on any atom is -0.307 e. The smallest absolute Gasteiger partial charge is 0.307 e. The van der Waals surface area contributed by atoms with Crippen LogP contribution in [0.1, 0.15) is 5.56 Å². The highest BCUT2D eigenvalue weighted by Gasteiger charge is 2.12. The summed E-state index contributed by atoms with van der Waals surface area (Å²) in [7, 11) is 1.73. The summed E-state index contributed by atoms with van der Waals surface area (Å²) in [6.45, 7) is -0.703. The third-order valence-electron chi connectivity index (χ3n) is 3.20. The molecule has 0 aliphatic rings. The highest BCUT2D eigenvalue weighted by Crippen LogP contribution is 2.26. The second-order valence-electron chi connectivity index (χ2n) is 4.44. The average molecular weight is 274 g/mol. The van der Waals surface area contributed by atoms with Crippen LogP contribution in [0.15, 0.2) is 34.0 Å². The summed E-state index contributed by atoms with van der Waals surface area (Å²) in [5.41, 5.74) is 0.875. The molecule has 0 radical (unpaired) electrons. The lowest BCUT2D eigenvalue weighted by atomic mass is 10.0. The normalized spacial score (nSPS) is 11.1. The Hall–Kier alpha value is -2.70. The van der Waals surface area contributed by atoms with Gasteiger partial charge in [0.05, 0.1) is 16.6 Å². The van der Waals surface area contributed by atoms with E-state index in [9.17, 15) is 14.0 Å². The number of nitrogens with zero attached hydrogens (tertiary/aromatic N) is 2. The molecule has 0 aliphatic heterocycles. The van der Waals surface area contributed by atoms with Crippen molar-refractivity contribution in [1.82, 2.24) is 19.7 Å². The van der Waals surface area contributed by atoms with E-state index in [-0.39, 0.29) is 0 Å². The number of fused-ring (bicyclic) bond motifs is 1. The number of alkyl halides is 1.